The van der Waals surface area contributed by atoms with E-state index in [4.69, 9.17) is 0 Å². The molecule has 2 aliphatic rings. The zero-order valence-corrected chi connectivity index (χ0v) is 9.94. The van der Waals surface area contributed by atoms with Gasteiger partial charge in [-0.05, 0) is 25.7 Å². The van der Waals surface area contributed by atoms with Crippen molar-refractivity contribution >= 4 is 0 Å². The molecule has 0 saturated heterocycles. The average Bonchev–Trinajstić information content (AvgIpc) is 2.39. The highest BCUT2D eigenvalue weighted by molar-refractivity contribution is 4.64. The molecule has 2 rings (SSSR count). The van der Waals surface area contributed by atoms with Gasteiger partial charge in [0.15, 0.2) is 0 Å². The van der Waals surface area contributed by atoms with Crippen LogP contribution < -0.4 is 0 Å². The second-order valence-electron chi connectivity index (χ2n) is 5.19. The number of hydrogen-bond donors (Lipinski definition) is 0. The van der Waals surface area contributed by atoms with Gasteiger partial charge in [0, 0.05) is 35.4 Å². The summed E-state index contributed by atoms with van der Waals surface area (Å²) in [4.78, 5) is 1.49. The van der Waals surface area contributed by atoms with Crippen LogP contribution in [0.3, 0.4) is 0 Å². The molecule has 0 aliphatic heterocycles. The van der Waals surface area contributed by atoms with Gasteiger partial charge < -0.3 is 10.4 Å². The van der Waals surface area contributed by atoms with Crippen molar-refractivity contribution in [3.05, 3.63) is 10.4 Å². The first-order chi connectivity index (χ1) is 7.79. The van der Waals surface area contributed by atoms with Crippen molar-refractivity contribution in [1.29, 1.82) is 0 Å². The fourth-order valence-electron chi connectivity index (χ4n) is 2.93. The van der Waals surface area contributed by atoms with Crippen LogP contribution in [0.1, 0.15) is 64.2 Å². The van der Waals surface area contributed by atoms with E-state index < -0.39 is 0 Å². The van der Waals surface area contributed by atoms with Gasteiger partial charge in [0.2, 0.25) is 12.1 Å². The van der Waals surface area contributed by atoms with Gasteiger partial charge >= 0.3 is 0 Å². The van der Waals surface area contributed by atoms with Crippen LogP contribution >= 0.6 is 0 Å². The molecule has 4 nitrogen and oxygen atoms in total. The molecule has 2 saturated carbocycles. The third-order valence-electron chi connectivity index (χ3n) is 3.97. The van der Waals surface area contributed by atoms with Gasteiger partial charge in [-0.2, -0.15) is 0 Å². The van der Waals surface area contributed by atoms with Crippen LogP contribution in [0.15, 0.2) is 0 Å². The highest BCUT2D eigenvalue weighted by atomic mass is 16.6. The summed E-state index contributed by atoms with van der Waals surface area (Å²) in [6.45, 7) is 0. The average molecular weight is 226 g/mol. The van der Waals surface area contributed by atoms with Gasteiger partial charge in [-0.15, -0.1) is 0 Å². The second-order valence-corrected chi connectivity index (χ2v) is 5.19. The minimum atomic E-state index is -0.0480. The Hall–Kier alpha value is -0.800. The Morgan fingerprint density at radius 1 is 0.562 bits per heavy atom. The Balaban J connectivity index is 1.99. The van der Waals surface area contributed by atoms with Crippen molar-refractivity contribution in [2.45, 2.75) is 76.3 Å². The molecule has 0 unspecified atom stereocenters. The third-order valence-corrected chi connectivity index (χ3v) is 3.97. The normalized spacial score (nSPS) is 26.5. The van der Waals surface area contributed by atoms with Crippen LogP contribution in [-0.2, 0) is 0 Å². The summed E-state index contributed by atoms with van der Waals surface area (Å²) in [5, 5.41) is 23.9. The van der Waals surface area contributed by atoms with Crippen LogP contribution in [0.25, 0.3) is 0 Å². The predicted octanol–water partition coefficient (Wildman–Crippen LogP) is 3.12. The lowest BCUT2D eigenvalue weighted by Gasteiger charge is -2.22. The standard InChI is InChI=1S/C12H22N2O2/c15-13(11-7-3-1-4-8-11)14(16)12-9-5-2-6-10-12/h11-12H,1-10H2/b14-13-. The van der Waals surface area contributed by atoms with E-state index in [1.54, 1.807) is 0 Å². The molecule has 92 valence electrons. The third kappa shape index (κ3) is 2.66. The van der Waals surface area contributed by atoms with Gasteiger partial charge in [0.05, 0.1) is 0 Å². The fourth-order valence-corrected chi connectivity index (χ4v) is 2.93. The molecule has 0 N–H and O–H groups in total. The monoisotopic (exact) mass is 226 g/mol. The van der Waals surface area contributed by atoms with Crippen molar-refractivity contribution in [3.63, 3.8) is 0 Å². The minimum Gasteiger partial charge on any atom is -0.567 e. The van der Waals surface area contributed by atoms with Crippen LogP contribution in [0, 0.1) is 10.4 Å². The number of azo groups is 1. The van der Waals surface area contributed by atoms with E-state index in [0.29, 0.717) is 0 Å². The summed E-state index contributed by atoms with van der Waals surface area (Å²) in [5.41, 5.74) is 0. The molecular formula is C12H22N2O2. The van der Waals surface area contributed by atoms with Gasteiger partial charge in [-0.25, -0.2) is 0 Å². The SMILES string of the molecule is [O-]/[N+](C1CCCCC1)=[N+](\[O-])C1CCCCC1. The van der Waals surface area contributed by atoms with Crippen LogP contribution in [-0.4, -0.2) is 21.8 Å². The fraction of sp³-hybridized carbons (Fsp3) is 1.00. The molecule has 0 spiro atoms. The van der Waals surface area contributed by atoms with Crippen molar-refractivity contribution in [1.82, 2.24) is 0 Å². The molecule has 2 fully saturated rings. The molecular weight excluding hydrogens is 204 g/mol. The lowest BCUT2D eigenvalue weighted by atomic mass is 9.95. The van der Waals surface area contributed by atoms with Gasteiger partial charge in [0.1, 0.15) is 0 Å². The quantitative estimate of drug-likeness (QED) is 0.412. The summed E-state index contributed by atoms with van der Waals surface area (Å²) in [6.07, 6.45) is 10.4. The van der Waals surface area contributed by atoms with Crippen LogP contribution in [0.2, 0.25) is 0 Å². The Kier molecular flexibility index (Phi) is 4.02. The van der Waals surface area contributed by atoms with Gasteiger partial charge in [0.25, 0.3) is 0 Å². The highest BCUT2D eigenvalue weighted by Gasteiger charge is 2.31. The van der Waals surface area contributed by atoms with Gasteiger partial charge in [-0.1, -0.05) is 12.8 Å². The maximum Gasteiger partial charge on any atom is 0.229 e. The summed E-state index contributed by atoms with van der Waals surface area (Å²) in [6, 6.07) is -0.0960. The Morgan fingerprint density at radius 2 is 0.875 bits per heavy atom. The van der Waals surface area contributed by atoms with Crippen molar-refractivity contribution in [2.24, 2.45) is 0 Å². The number of rotatable bonds is 2. The second kappa shape index (κ2) is 5.51. The first-order valence-corrected chi connectivity index (χ1v) is 6.71. The summed E-state index contributed by atoms with van der Waals surface area (Å²) in [7, 11) is 0. The van der Waals surface area contributed by atoms with E-state index in [9.17, 15) is 10.4 Å². The maximum atomic E-state index is 11.9. The molecule has 0 bridgehead atoms. The molecule has 0 amide bonds. The van der Waals surface area contributed by atoms with E-state index in [0.717, 1.165) is 61.1 Å². The molecule has 0 heterocycles. The molecule has 4 heteroatoms. The molecule has 0 atom stereocenters. The Labute approximate surface area is 97.1 Å². The lowest BCUT2D eigenvalue weighted by molar-refractivity contribution is -0.998. The van der Waals surface area contributed by atoms with E-state index in [-0.39, 0.29) is 12.1 Å². The number of hydrogen-bond acceptors (Lipinski definition) is 2. The summed E-state index contributed by atoms with van der Waals surface area (Å²) < 4.78 is 0. The number of nitrogens with zero attached hydrogens (tertiary/aromatic N) is 2. The van der Waals surface area contributed by atoms with E-state index >= 15 is 0 Å². The van der Waals surface area contributed by atoms with Crippen LogP contribution in [0.4, 0.5) is 0 Å². The summed E-state index contributed by atoms with van der Waals surface area (Å²) in [5.74, 6) is 0. The zero-order chi connectivity index (χ0) is 11.4. The summed E-state index contributed by atoms with van der Waals surface area (Å²) >= 11 is 0. The first kappa shape index (κ1) is 11.7. The minimum absolute atomic E-state index is 0.0480. The van der Waals surface area contributed by atoms with E-state index in [1.807, 2.05) is 0 Å². The molecule has 0 aromatic heterocycles. The number of hydroxylamine groups is 2. The topological polar surface area (TPSA) is 52.1 Å². The van der Waals surface area contributed by atoms with E-state index in [2.05, 4.69) is 0 Å². The smallest absolute Gasteiger partial charge is 0.229 e. The zero-order valence-electron chi connectivity index (χ0n) is 9.94. The Bertz CT molecular complexity index is 228. The lowest BCUT2D eigenvalue weighted by Crippen LogP contribution is -2.36. The molecule has 0 aromatic rings. The molecule has 0 radical (unpaired) electrons. The van der Waals surface area contributed by atoms with Crippen molar-refractivity contribution in [3.8, 4) is 0 Å². The Morgan fingerprint density at radius 3 is 1.19 bits per heavy atom. The molecule has 2 aliphatic carbocycles. The van der Waals surface area contributed by atoms with E-state index in [1.165, 1.54) is 12.8 Å². The molecule has 0 aromatic carbocycles. The van der Waals surface area contributed by atoms with Crippen molar-refractivity contribution in [2.75, 3.05) is 0 Å². The van der Waals surface area contributed by atoms with Crippen LogP contribution in [0.5, 0.6) is 0 Å². The highest BCUT2D eigenvalue weighted by Crippen LogP contribution is 2.23. The molecule has 16 heavy (non-hydrogen) atoms. The van der Waals surface area contributed by atoms with Gasteiger partial charge in [-0.3, -0.25) is 0 Å². The predicted molar refractivity (Wildman–Crippen MR) is 61.0 cm³/mol. The largest absolute Gasteiger partial charge is 0.567 e. The first-order valence-electron chi connectivity index (χ1n) is 6.71. The maximum absolute atomic E-state index is 11.9. The van der Waals surface area contributed by atoms with Crippen molar-refractivity contribution < 1.29 is 9.72 Å².